The summed E-state index contributed by atoms with van der Waals surface area (Å²) in [5, 5.41) is 6.29. The lowest BCUT2D eigenvalue weighted by Crippen LogP contribution is -2.68. The van der Waals surface area contributed by atoms with E-state index in [2.05, 4.69) is 79.3 Å². The fourth-order valence-electron chi connectivity index (χ4n) is 4.43. The highest BCUT2D eigenvalue weighted by atomic mass is 28.4. The molecule has 1 aliphatic rings. The Bertz CT molecular complexity index is 1050. The van der Waals surface area contributed by atoms with E-state index in [0.717, 1.165) is 17.1 Å². The van der Waals surface area contributed by atoms with E-state index in [1.807, 2.05) is 30.3 Å². The zero-order valence-corrected chi connectivity index (χ0v) is 19.2. The van der Waals surface area contributed by atoms with E-state index in [4.69, 9.17) is 14.7 Å². The Hall–Kier alpha value is -3.21. The average molecular weight is 430 g/mol. The van der Waals surface area contributed by atoms with Gasteiger partial charge in [-0.3, -0.25) is 0 Å². The first kappa shape index (κ1) is 21.0. The molecule has 6 heteroatoms. The Morgan fingerprint density at radius 3 is 2.13 bits per heavy atom. The quantitative estimate of drug-likeness (QED) is 0.224. The first-order chi connectivity index (χ1) is 15.0. The van der Waals surface area contributed by atoms with Crippen LogP contribution in [-0.2, 0) is 0 Å². The van der Waals surface area contributed by atoms with E-state index in [9.17, 15) is 0 Å². The molecule has 0 aliphatic carbocycles. The van der Waals surface area contributed by atoms with Crippen molar-refractivity contribution in [3.8, 4) is 11.5 Å². The standard InChI is InChI=1S/C25H27N3O2Si/c1-25(2,3)31(20-10-6-4-7-11-20,21-12-8-5-9-13-21)30-19-14-15-24-22(18-19)23(27-28-26)16-17-29-24/h4-15,18,23H,16-17H2,1-3H3. The predicted octanol–water partition coefficient (Wildman–Crippen LogP) is 5.76. The minimum Gasteiger partial charge on any atom is -0.534 e. The fourth-order valence-corrected chi connectivity index (χ4v) is 8.84. The van der Waals surface area contributed by atoms with Crippen LogP contribution >= 0.6 is 0 Å². The van der Waals surface area contributed by atoms with Gasteiger partial charge in [0.15, 0.2) is 0 Å². The van der Waals surface area contributed by atoms with Crippen LogP contribution in [0, 0.1) is 0 Å². The van der Waals surface area contributed by atoms with Gasteiger partial charge >= 0.3 is 8.32 Å². The molecule has 1 heterocycles. The van der Waals surface area contributed by atoms with Crippen molar-refractivity contribution in [2.75, 3.05) is 6.61 Å². The number of azide groups is 1. The van der Waals surface area contributed by atoms with E-state index in [0.29, 0.717) is 13.0 Å². The maximum absolute atomic E-state index is 9.00. The van der Waals surface area contributed by atoms with Gasteiger partial charge in [0, 0.05) is 10.5 Å². The highest BCUT2D eigenvalue weighted by Gasteiger charge is 2.52. The number of fused-ring (bicyclic) bond motifs is 1. The molecular weight excluding hydrogens is 402 g/mol. The van der Waals surface area contributed by atoms with Gasteiger partial charge in [0.25, 0.3) is 0 Å². The fraction of sp³-hybridized carbons (Fsp3) is 0.280. The molecule has 1 unspecified atom stereocenters. The van der Waals surface area contributed by atoms with Gasteiger partial charge in [0.1, 0.15) is 11.5 Å². The molecule has 158 valence electrons. The summed E-state index contributed by atoms with van der Waals surface area (Å²) in [5.74, 6) is 1.54. The van der Waals surface area contributed by atoms with Gasteiger partial charge in [-0.2, -0.15) is 0 Å². The number of hydrogen-bond acceptors (Lipinski definition) is 3. The molecule has 3 aromatic carbocycles. The van der Waals surface area contributed by atoms with Crippen LogP contribution in [0.5, 0.6) is 11.5 Å². The summed E-state index contributed by atoms with van der Waals surface area (Å²) in [7, 11) is -2.72. The molecule has 4 rings (SSSR count). The van der Waals surface area contributed by atoms with Crippen molar-refractivity contribution in [3.05, 3.63) is 94.9 Å². The van der Waals surface area contributed by atoms with E-state index in [-0.39, 0.29) is 11.1 Å². The molecule has 0 N–H and O–H groups in total. The summed E-state index contributed by atoms with van der Waals surface area (Å²) in [5.41, 5.74) is 9.89. The zero-order valence-electron chi connectivity index (χ0n) is 18.2. The molecule has 1 atom stereocenters. The lowest BCUT2D eigenvalue weighted by molar-refractivity contribution is 0.268. The van der Waals surface area contributed by atoms with Crippen molar-refractivity contribution in [3.63, 3.8) is 0 Å². The van der Waals surface area contributed by atoms with Crippen molar-refractivity contribution < 1.29 is 9.16 Å². The van der Waals surface area contributed by atoms with E-state index in [1.54, 1.807) is 0 Å². The van der Waals surface area contributed by atoms with Crippen LogP contribution in [0.15, 0.2) is 84.0 Å². The third-order valence-corrected chi connectivity index (χ3v) is 10.8. The van der Waals surface area contributed by atoms with Gasteiger partial charge in [0.2, 0.25) is 0 Å². The molecule has 0 bridgehead atoms. The van der Waals surface area contributed by atoms with Crippen LogP contribution in [-0.4, -0.2) is 14.9 Å². The number of benzene rings is 3. The predicted molar refractivity (Wildman–Crippen MR) is 127 cm³/mol. The van der Waals surface area contributed by atoms with Crippen LogP contribution in [0.1, 0.15) is 38.8 Å². The Balaban J connectivity index is 1.88. The smallest absolute Gasteiger partial charge is 0.319 e. The number of nitrogens with zero attached hydrogens (tertiary/aromatic N) is 3. The Morgan fingerprint density at radius 2 is 1.58 bits per heavy atom. The second kappa shape index (κ2) is 8.50. The minimum absolute atomic E-state index is 0.133. The normalized spacial score (nSPS) is 15.9. The van der Waals surface area contributed by atoms with Gasteiger partial charge in [-0.05, 0) is 45.6 Å². The van der Waals surface area contributed by atoms with Crippen LogP contribution < -0.4 is 19.5 Å². The van der Waals surface area contributed by atoms with Crippen molar-refractivity contribution in [2.45, 2.75) is 38.3 Å². The lowest BCUT2D eigenvalue weighted by Gasteiger charge is -2.43. The summed E-state index contributed by atoms with van der Waals surface area (Å²) >= 11 is 0. The van der Waals surface area contributed by atoms with Crippen molar-refractivity contribution >= 4 is 18.7 Å². The minimum atomic E-state index is -2.72. The topological polar surface area (TPSA) is 67.2 Å². The first-order valence-corrected chi connectivity index (χ1v) is 12.5. The molecule has 31 heavy (non-hydrogen) atoms. The highest BCUT2D eigenvalue weighted by molar-refractivity contribution is 7.00. The summed E-state index contributed by atoms with van der Waals surface area (Å²) in [6.45, 7) is 7.31. The van der Waals surface area contributed by atoms with E-state index in [1.165, 1.54) is 10.4 Å². The number of ether oxygens (including phenoxy) is 1. The number of rotatable bonds is 5. The van der Waals surface area contributed by atoms with Gasteiger partial charge in [-0.15, -0.1) is 0 Å². The molecule has 0 spiro atoms. The summed E-state index contributed by atoms with van der Waals surface area (Å²) in [6.07, 6.45) is 0.666. The first-order valence-electron chi connectivity index (χ1n) is 10.6. The van der Waals surface area contributed by atoms with Gasteiger partial charge in [0.05, 0.1) is 12.6 Å². The van der Waals surface area contributed by atoms with Crippen LogP contribution in [0.3, 0.4) is 0 Å². The van der Waals surface area contributed by atoms with Gasteiger partial charge in [-0.25, -0.2) is 0 Å². The summed E-state index contributed by atoms with van der Waals surface area (Å²) in [4.78, 5) is 3.03. The van der Waals surface area contributed by atoms with E-state index < -0.39 is 8.32 Å². The SMILES string of the molecule is CC(C)(C)[Si](Oc1ccc2c(c1)C(N=[N+]=[N-])CCO2)(c1ccccc1)c1ccccc1. The van der Waals surface area contributed by atoms with Crippen molar-refractivity contribution in [2.24, 2.45) is 5.11 Å². The molecule has 0 aromatic heterocycles. The summed E-state index contributed by atoms with van der Waals surface area (Å²) in [6, 6.07) is 26.7. The third-order valence-electron chi connectivity index (χ3n) is 5.87. The molecule has 0 fully saturated rings. The largest absolute Gasteiger partial charge is 0.534 e. The molecule has 0 amide bonds. The second-order valence-corrected chi connectivity index (χ2v) is 13.0. The molecule has 1 aliphatic heterocycles. The Labute approximate surface area is 184 Å². The summed E-state index contributed by atoms with van der Waals surface area (Å²) < 4.78 is 12.9. The average Bonchev–Trinajstić information content (AvgIpc) is 2.78. The molecule has 5 nitrogen and oxygen atoms in total. The Kier molecular flexibility index (Phi) is 5.77. The molecule has 3 aromatic rings. The molecule has 0 saturated heterocycles. The van der Waals surface area contributed by atoms with Crippen LogP contribution in [0.4, 0.5) is 0 Å². The third kappa shape index (κ3) is 3.92. The van der Waals surface area contributed by atoms with Crippen molar-refractivity contribution in [1.29, 1.82) is 0 Å². The molecule has 0 radical (unpaired) electrons. The number of hydrogen-bond donors (Lipinski definition) is 0. The lowest BCUT2D eigenvalue weighted by atomic mass is 10.0. The zero-order chi connectivity index (χ0) is 21.9. The maximum Gasteiger partial charge on any atom is 0.319 e. The Morgan fingerprint density at radius 1 is 0.968 bits per heavy atom. The second-order valence-electron chi connectivity index (χ2n) is 8.82. The van der Waals surface area contributed by atoms with Crippen LogP contribution in [0.2, 0.25) is 5.04 Å². The van der Waals surface area contributed by atoms with Crippen molar-refractivity contribution in [1.82, 2.24) is 0 Å². The highest BCUT2D eigenvalue weighted by Crippen LogP contribution is 2.41. The van der Waals surface area contributed by atoms with Gasteiger partial charge < -0.3 is 9.16 Å². The molecule has 0 saturated carbocycles. The molecular formula is C25H27N3O2Si. The maximum atomic E-state index is 9.00. The monoisotopic (exact) mass is 429 g/mol. The van der Waals surface area contributed by atoms with Crippen LogP contribution in [0.25, 0.3) is 10.4 Å². The van der Waals surface area contributed by atoms with E-state index >= 15 is 0 Å². The van der Waals surface area contributed by atoms with Gasteiger partial charge in [-0.1, -0.05) is 86.5 Å².